The fourth-order valence-electron chi connectivity index (χ4n) is 8.04. The maximum atomic E-state index is 13.5. The number of hydrogen-bond donors (Lipinski definition) is 2. The van der Waals surface area contributed by atoms with E-state index in [0.717, 1.165) is 36.0 Å². The number of unbranched alkanes of at least 4 members (excludes halogenated alkanes) is 15. The highest BCUT2D eigenvalue weighted by Gasteiger charge is 2.48. The molecule has 1 aliphatic heterocycles. The van der Waals surface area contributed by atoms with Gasteiger partial charge < -0.3 is 5.11 Å². The van der Waals surface area contributed by atoms with Gasteiger partial charge in [0.25, 0.3) is 0 Å². The molecule has 278 valence electrons. The van der Waals surface area contributed by atoms with E-state index in [4.69, 9.17) is 12.2 Å². The molecule has 3 atom stereocenters. The molecule has 1 aromatic carbocycles. The summed E-state index contributed by atoms with van der Waals surface area (Å²) in [5.41, 5.74) is 5.23. The highest BCUT2D eigenvalue weighted by Crippen LogP contribution is 2.43. The van der Waals surface area contributed by atoms with E-state index in [2.05, 4.69) is 53.9 Å². The maximum absolute atomic E-state index is 13.5. The molecule has 0 aromatic heterocycles. The standard InChI is InChI=1S/C43H72N2O3S/c1-8-9-10-11-12-13-14-15-16-17-18-19-20-21-22-23-24-32-25-27-34-35(29-32)40(48)45(41(34)49)44-38(46)28-26-33-30-36(42(2,3)4)39(47)37(31-33)43(5,6)7/h30-32,34-35,47H,8-29H2,1-7H3,(H,44,46). The lowest BCUT2D eigenvalue weighted by Gasteiger charge is -2.29. The lowest BCUT2D eigenvalue weighted by Crippen LogP contribution is -2.46. The van der Waals surface area contributed by atoms with Crippen molar-refractivity contribution in [1.82, 2.24) is 10.4 Å². The number of aromatic hydroxyl groups is 1. The number of nitrogens with one attached hydrogen (secondary N) is 1. The number of amides is 2. The molecule has 1 saturated carbocycles. The first kappa shape index (κ1) is 41.5. The Morgan fingerprint density at radius 3 is 1.71 bits per heavy atom. The number of phenols is 1. The van der Waals surface area contributed by atoms with Crippen LogP contribution in [0.25, 0.3) is 0 Å². The molecule has 0 bridgehead atoms. The van der Waals surface area contributed by atoms with Gasteiger partial charge in [-0.1, -0.05) is 182 Å². The molecule has 2 fully saturated rings. The molecule has 5 nitrogen and oxygen atoms in total. The van der Waals surface area contributed by atoms with Gasteiger partial charge in [-0.05, 0) is 59.1 Å². The number of fused-ring (bicyclic) bond motifs is 1. The zero-order chi connectivity index (χ0) is 36.0. The number of aryl methyl sites for hydroxylation is 1. The van der Waals surface area contributed by atoms with Crippen LogP contribution in [0.1, 0.15) is 200 Å². The van der Waals surface area contributed by atoms with Gasteiger partial charge in [0.1, 0.15) is 10.7 Å². The Morgan fingerprint density at radius 1 is 0.776 bits per heavy atom. The third kappa shape index (κ3) is 13.3. The lowest BCUT2D eigenvalue weighted by molar-refractivity contribution is -0.138. The van der Waals surface area contributed by atoms with E-state index in [0.29, 0.717) is 23.1 Å². The summed E-state index contributed by atoms with van der Waals surface area (Å²) < 4.78 is 0. The van der Waals surface area contributed by atoms with Gasteiger partial charge in [0.2, 0.25) is 11.8 Å². The molecule has 49 heavy (non-hydrogen) atoms. The van der Waals surface area contributed by atoms with Crippen LogP contribution in [0.4, 0.5) is 0 Å². The van der Waals surface area contributed by atoms with Crippen molar-refractivity contribution in [3.05, 3.63) is 28.8 Å². The summed E-state index contributed by atoms with van der Waals surface area (Å²) in [6, 6.07) is 4.05. The third-order valence-electron chi connectivity index (χ3n) is 11.2. The van der Waals surface area contributed by atoms with Crippen LogP contribution in [-0.2, 0) is 26.8 Å². The molecule has 3 rings (SSSR count). The minimum Gasteiger partial charge on any atom is -0.507 e. The van der Waals surface area contributed by atoms with Crippen LogP contribution in [0, 0.1) is 17.8 Å². The SMILES string of the molecule is CCCCCCCCCCCCCCCCCCC1CCC2C(=S)N(NC(=O)CCc3cc(C(C)(C)C)c(O)c(C(C)(C)C)c3)C(=O)C2C1. The van der Waals surface area contributed by atoms with Crippen molar-refractivity contribution in [2.45, 2.75) is 201 Å². The topological polar surface area (TPSA) is 69.6 Å². The molecule has 1 heterocycles. The summed E-state index contributed by atoms with van der Waals surface area (Å²) >= 11 is 5.75. The Morgan fingerprint density at radius 2 is 1.24 bits per heavy atom. The van der Waals surface area contributed by atoms with Crippen molar-refractivity contribution in [2.24, 2.45) is 17.8 Å². The van der Waals surface area contributed by atoms with Gasteiger partial charge in [-0.2, -0.15) is 0 Å². The minimum absolute atomic E-state index is 0.0188. The number of nitrogens with zero attached hydrogens (tertiary/aromatic N) is 1. The van der Waals surface area contributed by atoms with Crippen molar-refractivity contribution in [3.63, 3.8) is 0 Å². The Bertz CT molecular complexity index is 1160. The van der Waals surface area contributed by atoms with E-state index >= 15 is 0 Å². The van der Waals surface area contributed by atoms with E-state index in [1.165, 1.54) is 114 Å². The molecule has 1 aliphatic carbocycles. The second kappa shape index (κ2) is 20.2. The van der Waals surface area contributed by atoms with Gasteiger partial charge in [0.05, 0.1) is 0 Å². The Labute approximate surface area is 306 Å². The van der Waals surface area contributed by atoms with Crippen molar-refractivity contribution in [3.8, 4) is 5.75 Å². The predicted molar refractivity (Wildman–Crippen MR) is 210 cm³/mol. The average Bonchev–Trinajstić information content (AvgIpc) is 3.27. The highest BCUT2D eigenvalue weighted by atomic mass is 32.1. The largest absolute Gasteiger partial charge is 0.507 e. The van der Waals surface area contributed by atoms with E-state index in [-0.39, 0.29) is 40.9 Å². The zero-order valence-electron chi connectivity index (χ0n) is 32.6. The highest BCUT2D eigenvalue weighted by molar-refractivity contribution is 7.80. The molecule has 1 saturated heterocycles. The van der Waals surface area contributed by atoms with Gasteiger partial charge in [-0.25, -0.2) is 5.01 Å². The lowest BCUT2D eigenvalue weighted by atomic mass is 9.74. The smallest absolute Gasteiger partial charge is 0.250 e. The summed E-state index contributed by atoms with van der Waals surface area (Å²) in [6.07, 6.45) is 27.1. The van der Waals surface area contributed by atoms with Crippen molar-refractivity contribution >= 4 is 29.0 Å². The van der Waals surface area contributed by atoms with Gasteiger partial charge in [-0.15, -0.1) is 0 Å². The molecule has 0 radical (unpaired) electrons. The van der Waals surface area contributed by atoms with Crippen molar-refractivity contribution in [1.29, 1.82) is 0 Å². The number of phenolic OH excluding ortho intramolecular Hbond substituents is 1. The average molecular weight is 697 g/mol. The van der Waals surface area contributed by atoms with Gasteiger partial charge in [0.15, 0.2) is 0 Å². The second-order valence-electron chi connectivity index (χ2n) is 17.6. The van der Waals surface area contributed by atoms with Gasteiger partial charge in [0, 0.05) is 18.3 Å². The molecule has 3 unspecified atom stereocenters. The number of carbonyl (C=O) groups excluding carboxylic acids is 2. The summed E-state index contributed by atoms with van der Waals surface area (Å²) in [7, 11) is 0. The molecule has 6 heteroatoms. The predicted octanol–water partition coefficient (Wildman–Crippen LogP) is 11.8. The number of benzene rings is 1. The van der Waals surface area contributed by atoms with Crippen molar-refractivity contribution < 1.29 is 14.7 Å². The number of thiocarbonyl (C=S) groups is 1. The third-order valence-corrected chi connectivity index (χ3v) is 11.6. The number of carbonyl (C=O) groups is 2. The van der Waals surface area contributed by atoms with Crippen LogP contribution in [0.15, 0.2) is 12.1 Å². The minimum atomic E-state index is -0.226. The van der Waals surface area contributed by atoms with Crippen LogP contribution in [0.2, 0.25) is 0 Å². The Kier molecular flexibility index (Phi) is 17.1. The number of rotatable bonds is 21. The number of hydrogen-bond acceptors (Lipinski definition) is 4. The maximum Gasteiger partial charge on any atom is 0.250 e. The van der Waals surface area contributed by atoms with Crippen LogP contribution in [0.5, 0.6) is 5.75 Å². The fourth-order valence-corrected chi connectivity index (χ4v) is 8.46. The van der Waals surface area contributed by atoms with E-state index in [9.17, 15) is 14.7 Å². The number of hydrazine groups is 1. The second-order valence-corrected chi connectivity index (χ2v) is 18.0. The van der Waals surface area contributed by atoms with Gasteiger partial charge >= 0.3 is 0 Å². The molecular weight excluding hydrogens is 625 g/mol. The van der Waals surface area contributed by atoms with Crippen molar-refractivity contribution in [2.75, 3.05) is 0 Å². The molecule has 1 aromatic rings. The molecule has 2 N–H and O–H groups in total. The first-order valence-electron chi connectivity index (χ1n) is 20.3. The summed E-state index contributed by atoms with van der Waals surface area (Å²) in [4.78, 5) is 27.2. The van der Waals surface area contributed by atoms with Crippen LogP contribution in [0.3, 0.4) is 0 Å². The quantitative estimate of drug-likeness (QED) is 0.0991. The molecular formula is C43H72N2O3S. The van der Waals surface area contributed by atoms with E-state index < -0.39 is 0 Å². The van der Waals surface area contributed by atoms with Crippen LogP contribution >= 0.6 is 12.2 Å². The summed E-state index contributed by atoms with van der Waals surface area (Å²) in [5.74, 6) is 0.700. The monoisotopic (exact) mass is 697 g/mol. The zero-order valence-corrected chi connectivity index (χ0v) is 33.4. The molecule has 2 amide bonds. The summed E-state index contributed by atoms with van der Waals surface area (Å²) in [6.45, 7) is 14.8. The normalized spacial score (nSPS) is 19.8. The van der Waals surface area contributed by atoms with E-state index in [1.807, 2.05) is 12.1 Å². The first-order chi connectivity index (χ1) is 23.2. The van der Waals surface area contributed by atoms with Crippen LogP contribution < -0.4 is 5.43 Å². The summed E-state index contributed by atoms with van der Waals surface area (Å²) in [5, 5.41) is 12.5. The van der Waals surface area contributed by atoms with Crippen LogP contribution in [-0.4, -0.2) is 26.9 Å². The Balaban J connectivity index is 1.33. The fraction of sp³-hybridized carbons (Fsp3) is 0.791. The Hall–Kier alpha value is -1.95. The molecule has 0 spiro atoms. The van der Waals surface area contributed by atoms with Gasteiger partial charge in [-0.3, -0.25) is 15.0 Å². The van der Waals surface area contributed by atoms with E-state index in [1.54, 1.807) is 0 Å². The first-order valence-corrected chi connectivity index (χ1v) is 20.7. The molecule has 2 aliphatic rings.